The summed E-state index contributed by atoms with van der Waals surface area (Å²) < 4.78 is 0. The molecular formula is C6H10Cl2S. The molecule has 54 valence electrons. The molecule has 0 spiro atoms. The second-order valence-electron chi connectivity index (χ2n) is 2.89. The van der Waals surface area contributed by atoms with Crippen molar-refractivity contribution in [2.75, 3.05) is 11.5 Å². The minimum absolute atomic E-state index is 0.209. The summed E-state index contributed by atoms with van der Waals surface area (Å²) >= 11 is 14.0. The van der Waals surface area contributed by atoms with Crippen LogP contribution in [0.2, 0.25) is 0 Å². The van der Waals surface area contributed by atoms with E-state index >= 15 is 0 Å². The number of hydrogen-bond donors (Lipinski definition) is 0. The zero-order valence-electron chi connectivity index (χ0n) is 5.58. The highest BCUT2D eigenvalue weighted by Gasteiger charge is 2.46. The summed E-state index contributed by atoms with van der Waals surface area (Å²) in [5.74, 6) is 1.93. The lowest BCUT2D eigenvalue weighted by Crippen LogP contribution is -2.38. The molecule has 0 saturated carbocycles. The van der Waals surface area contributed by atoms with Crippen molar-refractivity contribution in [3.63, 3.8) is 0 Å². The van der Waals surface area contributed by atoms with E-state index in [4.69, 9.17) is 23.2 Å². The Morgan fingerprint density at radius 2 is 1.44 bits per heavy atom. The van der Waals surface area contributed by atoms with E-state index < -0.39 is 0 Å². The van der Waals surface area contributed by atoms with Crippen molar-refractivity contribution in [3.8, 4) is 0 Å². The van der Waals surface area contributed by atoms with Gasteiger partial charge in [0.25, 0.3) is 0 Å². The van der Waals surface area contributed by atoms with Crippen LogP contribution in [0.3, 0.4) is 0 Å². The second kappa shape index (κ2) is 2.21. The summed E-state index contributed by atoms with van der Waals surface area (Å²) in [7, 11) is 0. The maximum absolute atomic E-state index is 6.11. The smallest absolute Gasteiger partial charge is 0.0705 e. The Kier molecular flexibility index (Phi) is 1.97. The Bertz CT molecular complexity index is 106. The average molecular weight is 185 g/mol. The largest absolute Gasteiger partial charge is 0.158 e. The predicted octanol–water partition coefficient (Wildman–Crippen LogP) is 2.73. The van der Waals surface area contributed by atoms with Gasteiger partial charge in [0.15, 0.2) is 0 Å². The van der Waals surface area contributed by atoms with E-state index in [1.807, 2.05) is 25.6 Å². The van der Waals surface area contributed by atoms with Crippen LogP contribution in [-0.4, -0.2) is 21.3 Å². The van der Waals surface area contributed by atoms with Crippen LogP contribution >= 0.6 is 35.0 Å². The maximum atomic E-state index is 6.11. The van der Waals surface area contributed by atoms with Gasteiger partial charge in [-0.25, -0.2) is 0 Å². The first-order valence-corrected chi connectivity index (χ1v) is 4.82. The molecule has 1 saturated heterocycles. The summed E-state index contributed by atoms with van der Waals surface area (Å²) in [5.41, 5.74) is 0. The first-order chi connectivity index (χ1) is 3.96. The molecule has 1 aliphatic heterocycles. The topological polar surface area (TPSA) is 0 Å². The molecule has 0 aliphatic carbocycles. The van der Waals surface area contributed by atoms with E-state index in [2.05, 4.69) is 0 Å². The lowest BCUT2D eigenvalue weighted by Gasteiger charge is -2.28. The highest BCUT2D eigenvalue weighted by Crippen LogP contribution is 2.45. The van der Waals surface area contributed by atoms with Gasteiger partial charge in [-0.05, 0) is 13.8 Å². The molecule has 0 aromatic heterocycles. The van der Waals surface area contributed by atoms with Gasteiger partial charge in [0, 0.05) is 11.5 Å². The Hall–Kier alpha value is 0.930. The van der Waals surface area contributed by atoms with Crippen molar-refractivity contribution in [2.24, 2.45) is 0 Å². The van der Waals surface area contributed by atoms with Gasteiger partial charge in [-0.3, -0.25) is 0 Å². The molecule has 0 radical (unpaired) electrons. The molecule has 0 nitrogen and oxygen atoms in total. The lowest BCUT2D eigenvalue weighted by molar-refractivity contribution is 0.569. The van der Waals surface area contributed by atoms with Gasteiger partial charge in [0.1, 0.15) is 0 Å². The molecule has 1 heterocycles. The Labute approximate surface area is 70.3 Å². The first kappa shape index (κ1) is 8.03. The van der Waals surface area contributed by atoms with E-state index in [1.54, 1.807) is 0 Å². The molecule has 2 unspecified atom stereocenters. The summed E-state index contributed by atoms with van der Waals surface area (Å²) in [6, 6.07) is 0. The molecule has 9 heavy (non-hydrogen) atoms. The minimum Gasteiger partial charge on any atom is -0.158 e. The van der Waals surface area contributed by atoms with Crippen molar-refractivity contribution >= 4 is 35.0 Å². The van der Waals surface area contributed by atoms with E-state index in [9.17, 15) is 0 Å². The van der Waals surface area contributed by atoms with E-state index in [0.29, 0.717) is 0 Å². The van der Waals surface area contributed by atoms with Gasteiger partial charge in [-0.2, -0.15) is 11.8 Å². The maximum Gasteiger partial charge on any atom is 0.0705 e. The Morgan fingerprint density at radius 3 is 1.56 bits per heavy atom. The quantitative estimate of drug-likeness (QED) is 0.523. The van der Waals surface area contributed by atoms with Crippen molar-refractivity contribution in [1.82, 2.24) is 0 Å². The van der Waals surface area contributed by atoms with Crippen LogP contribution in [-0.2, 0) is 0 Å². The third-order valence-electron chi connectivity index (χ3n) is 1.83. The fraction of sp³-hybridized carbons (Fsp3) is 1.00. The molecule has 3 heteroatoms. The molecule has 0 bridgehead atoms. The summed E-state index contributed by atoms with van der Waals surface area (Å²) in [4.78, 5) is -0.418. The molecular weight excluding hydrogens is 175 g/mol. The highest BCUT2D eigenvalue weighted by molar-refractivity contribution is 7.99. The Morgan fingerprint density at radius 1 is 1.11 bits per heavy atom. The van der Waals surface area contributed by atoms with Crippen LogP contribution in [0.4, 0.5) is 0 Å². The monoisotopic (exact) mass is 184 g/mol. The molecule has 0 aromatic carbocycles. The molecule has 1 aliphatic rings. The van der Waals surface area contributed by atoms with Gasteiger partial charge < -0.3 is 0 Å². The van der Waals surface area contributed by atoms with Gasteiger partial charge in [-0.1, -0.05) is 0 Å². The molecule has 0 amide bonds. The van der Waals surface area contributed by atoms with Gasteiger partial charge >= 0.3 is 0 Å². The number of thioether (sulfide) groups is 1. The van der Waals surface area contributed by atoms with Crippen molar-refractivity contribution in [2.45, 2.75) is 23.6 Å². The van der Waals surface area contributed by atoms with E-state index in [-0.39, 0.29) is 9.75 Å². The predicted molar refractivity (Wildman–Crippen MR) is 45.8 cm³/mol. The zero-order chi connectivity index (χ0) is 7.12. The fourth-order valence-corrected chi connectivity index (χ4v) is 3.00. The van der Waals surface area contributed by atoms with Crippen molar-refractivity contribution < 1.29 is 0 Å². The molecule has 1 rings (SSSR count). The summed E-state index contributed by atoms with van der Waals surface area (Å²) in [6.07, 6.45) is 0. The van der Waals surface area contributed by atoms with Crippen LogP contribution in [0.25, 0.3) is 0 Å². The third kappa shape index (κ3) is 1.33. The van der Waals surface area contributed by atoms with Gasteiger partial charge in [0.05, 0.1) is 9.75 Å². The van der Waals surface area contributed by atoms with E-state index in [1.165, 1.54) is 0 Å². The number of halogens is 2. The number of rotatable bonds is 0. The van der Waals surface area contributed by atoms with Crippen LogP contribution in [0.5, 0.6) is 0 Å². The average Bonchev–Trinajstić information content (AvgIpc) is 1.81. The Balaban J connectivity index is 2.75. The number of hydrogen-bond acceptors (Lipinski definition) is 1. The van der Waals surface area contributed by atoms with Crippen LogP contribution < -0.4 is 0 Å². The second-order valence-corrected chi connectivity index (χ2v) is 5.54. The summed E-state index contributed by atoms with van der Waals surface area (Å²) in [6.45, 7) is 4.00. The zero-order valence-corrected chi connectivity index (χ0v) is 7.91. The molecule has 0 aromatic rings. The normalized spacial score (nSPS) is 52.0. The molecule has 0 N–H and O–H groups in total. The SMILES string of the molecule is CC1(Cl)CSCC1(C)Cl. The van der Waals surface area contributed by atoms with E-state index in [0.717, 1.165) is 11.5 Å². The van der Waals surface area contributed by atoms with Gasteiger partial charge in [0.2, 0.25) is 0 Å². The van der Waals surface area contributed by atoms with Crippen molar-refractivity contribution in [3.05, 3.63) is 0 Å². The third-order valence-corrected chi connectivity index (χ3v) is 4.91. The van der Waals surface area contributed by atoms with Crippen LogP contribution in [0.15, 0.2) is 0 Å². The van der Waals surface area contributed by atoms with Gasteiger partial charge in [-0.15, -0.1) is 23.2 Å². The fourth-order valence-electron chi connectivity index (χ4n) is 0.735. The standard InChI is InChI=1S/C6H10Cl2S/c1-5(7)3-9-4-6(5,2)8/h3-4H2,1-2H3. The minimum atomic E-state index is -0.209. The van der Waals surface area contributed by atoms with Crippen molar-refractivity contribution in [1.29, 1.82) is 0 Å². The highest BCUT2D eigenvalue weighted by atomic mass is 35.5. The molecule has 1 fully saturated rings. The van der Waals surface area contributed by atoms with Crippen LogP contribution in [0, 0.1) is 0 Å². The van der Waals surface area contributed by atoms with Crippen LogP contribution in [0.1, 0.15) is 13.8 Å². The summed E-state index contributed by atoms with van der Waals surface area (Å²) in [5, 5.41) is 0. The number of alkyl halides is 2. The molecule has 2 atom stereocenters. The lowest BCUT2D eigenvalue weighted by atomic mass is 9.99. The first-order valence-electron chi connectivity index (χ1n) is 2.91.